The fourth-order valence-corrected chi connectivity index (χ4v) is 5.79. The molecule has 0 unspecified atom stereocenters. The number of rotatable bonds is 14. The van der Waals surface area contributed by atoms with Crippen molar-refractivity contribution in [3.8, 4) is 0 Å². The molecule has 1 aromatic heterocycles. The van der Waals surface area contributed by atoms with Gasteiger partial charge in [-0.25, -0.2) is 4.79 Å². The number of alkyl carbamates (subject to hydrolysis) is 1. The molecule has 256 valence electrons. The summed E-state index contributed by atoms with van der Waals surface area (Å²) in [4.78, 5) is 80.6. The number of aromatic nitrogens is 1. The van der Waals surface area contributed by atoms with Crippen LogP contribution in [0.5, 0.6) is 0 Å². The predicted molar refractivity (Wildman–Crippen MR) is 177 cm³/mol. The molecule has 14 nitrogen and oxygen atoms in total. The molecular formula is C34H43N7O7. The molecule has 2 aromatic carbocycles. The molecule has 4 rings (SSSR count). The number of nitrogens with one attached hydrogen (secondary N) is 5. The van der Waals surface area contributed by atoms with Crippen molar-refractivity contribution < 1.29 is 33.5 Å². The van der Waals surface area contributed by atoms with E-state index in [1.807, 2.05) is 61.5 Å². The molecule has 0 spiro atoms. The number of benzene rings is 2. The fraction of sp³-hybridized carbons (Fsp3) is 0.412. The minimum Gasteiger partial charge on any atom is -0.445 e. The lowest BCUT2D eigenvalue weighted by molar-refractivity contribution is -0.138. The molecule has 14 heteroatoms. The van der Waals surface area contributed by atoms with Gasteiger partial charge in [0.2, 0.25) is 29.5 Å². The molecule has 1 heterocycles. The van der Waals surface area contributed by atoms with Gasteiger partial charge in [-0.3, -0.25) is 24.0 Å². The summed E-state index contributed by atoms with van der Waals surface area (Å²) in [6.07, 6.45) is -0.0901. The number of H-pyrrole nitrogens is 1. The quantitative estimate of drug-likeness (QED) is 0.133. The number of aryl methyl sites for hydroxylation is 1. The van der Waals surface area contributed by atoms with Crippen LogP contribution in [0.25, 0.3) is 10.9 Å². The van der Waals surface area contributed by atoms with Crippen molar-refractivity contribution in [2.24, 2.45) is 17.4 Å². The number of aromatic amines is 1. The number of primary amides is 2. The van der Waals surface area contributed by atoms with Crippen LogP contribution in [-0.4, -0.2) is 64.3 Å². The van der Waals surface area contributed by atoms with Crippen molar-refractivity contribution in [1.29, 1.82) is 0 Å². The number of hydrogen-bond acceptors (Lipinski definition) is 7. The Hall–Kier alpha value is -5.40. The number of para-hydroxylation sites is 1. The zero-order chi connectivity index (χ0) is 35.0. The van der Waals surface area contributed by atoms with Gasteiger partial charge in [-0.2, -0.15) is 0 Å². The maximum Gasteiger partial charge on any atom is 0.408 e. The minimum absolute atomic E-state index is 0.00715. The average molecular weight is 662 g/mol. The molecule has 0 fully saturated rings. The second-order valence-electron chi connectivity index (χ2n) is 12.3. The lowest BCUT2D eigenvalue weighted by atomic mass is 9.78. The smallest absolute Gasteiger partial charge is 0.408 e. The summed E-state index contributed by atoms with van der Waals surface area (Å²) >= 11 is 0. The van der Waals surface area contributed by atoms with Crippen LogP contribution in [0.1, 0.15) is 56.9 Å². The van der Waals surface area contributed by atoms with Crippen LogP contribution in [0.3, 0.4) is 0 Å². The van der Waals surface area contributed by atoms with Crippen LogP contribution in [0.4, 0.5) is 4.79 Å². The van der Waals surface area contributed by atoms with E-state index >= 15 is 0 Å². The van der Waals surface area contributed by atoms with Crippen LogP contribution in [-0.2, 0) is 48.2 Å². The molecule has 5 atom stereocenters. The van der Waals surface area contributed by atoms with Crippen LogP contribution < -0.4 is 32.7 Å². The van der Waals surface area contributed by atoms with Crippen molar-refractivity contribution in [3.63, 3.8) is 0 Å². The van der Waals surface area contributed by atoms with E-state index in [2.05, 4.69) is 26.3 Å². The van der Waals surface area contributed by atoms with E-state index in [0.29, 0.717) is 12.8 Å². The zero-order valence-electron chi connectivity index (χ0n) is 27.3. The van der Waals surface area contributed by atoms with Crippen molar-refractivity contribution in [2.75, 3.05) is 0 Å². The lowest BCUT2D eigenvalue weighted by Crippen LogP contribution is -2.66. The SMILES string of the molecule is CC[C@H](C)[C@H](NC(=O)OCc1ccccc1)C(=O)N[C@@]1(C(=O)N[C@@H](C)C(=O)N[C@@H](CC(N)=O)C(N)=O)CCc2[nH]c3ccccc3c2C1. The Morgan fingerprint density at radius 1 is 0.917 bits per heavy atom. The summed E-state index contributed by atoms with van der Waals surface area (Å²) in [5, 5.41) is 11.5. The molecule has 0 radical (unpaired) electrons. The third-order valence-corrected chi connectivity index (χ3v) is 8.77. The molecule has 3 aromatic rings. The van der Waals surface area contributed by atoms with Gasteiger partial charge in [-0.05, 0) is 42.9 Å². The van der Waals surface area contributed by atoms with Crippen LogP contribution in [0.2, 0.25) is 0 Å². The van der Waals surface area contributed by atoms with Gasteiger partial charge in [-0.1, -0.05) is 68.8 Å². The Labute approximate surface area is 278 Å². The zero-order valence-corrected chi connectivity index (χ0v) is 27.3. The van der Waals surface area contributed by atoms with E-state index < -0.39 is 65.7 Å². The number of amides is 6. The minimum atomic E-state index is -1.53. The Morgan fingerprint density at radius 3 is 2.27 bits per heavy atom. The van der Waals surface area contributed by atoms with Gasteiger partial charge in [0.25, 0.3) is 0 Å². The molecule has 9 N–H and O–H groups in total. The maximum atomic E-state index is 14.2. The van der Waals surface area contributed by atoms with E-state index in [1.54, 1.807) is 6.92 Å². The second kappa shape index (κ2) is 15.5. The van der Waals surface area contributed by atoms with Crippen molar-refractivity contribution in [3.05, 3.63) is 71.4 Å². The highest BCUT2D eigenvalue weighted by molar-refractivity contribution is 5.99. The molecule has 48 heavy (non-hydrogen) atoms. The Balaban J connectivity index is 1.58. The first-order valence-corrected chi connectivity index (χ1v) is 15.9. The van der Waals surface area contributed by atoms with Gasteiger partial charge in [0.05, 0.1) is 6.42 Å². The summed E-state index contributed by atoms with van der Waals surface area (Å²) in [5.41, 5.74) is 12.4. The Bertz CT molecular complexity index is 1670. The highest BCUT2D eigenvalue weighted by atomic mass is 16.5. The monoisotopic (exact) mass is 661 g/mol. The third-order valence-electron chi connectivity index (χ3n) is 8.77. The van der Waals surface area contributed by atoms with E-state index in [4.69, 9.17) is 16.2 Å². The predicted octanol–water partition coefficient (Wildman–Crippen LogP) is 1.20. The van der Waals surface area contributed by atoms with Crippen LogP contribution in [0.15, 0.2) is 54.6 Å². The first-order valence-electron chi connectivity index (χ1n) is 15.9. The Kier molecular flexibility index (Phi) is 11.4. The molecule has 0 bridgehead atoms. The average Bonchev–Trinajstić information content (AvgIpc) is 3.43. The molecule has 1 aliphatic rings. The number of fused-ring (bicyclic) bond motifs is 3. The Morgan fingerprint density at radius 2 is 1.60 bits per heavy atom. The van der Waals surface area contributed by atoms with Gasteiger partial charge in [0.1, 0.15) is 30.3 Å². The van der Waals surface area contributed by atoms with E-state index in [1.165, 1.54) is 6.92 Å². The third kappa shape index (κ3) is 8.49. The first-order chi connectivity index (χ1) is 22.8. The molecule has 0 saturated carbocycles. The van der Waals surface area contributed by atoms with Gasteiger partial charge in [0.15, 0.2) is 0 Å². The van der Waals surface area contributed by atoms with E-state index in [0.717, 1.165) is 27.7 Å². The summed E-state index contributed by atoms with van der Waals surface area (Å²) in [7, 11) is 0. The number of carbonyl (C=O) groups excluding carboxylic acids is 6. The first kappa shape index (κ1) is 35.5. The highest BCUT2D eigenvalue weighted by Crippen LogP contribution is 2.34. The lowest BCUT2D eigenvalue weighted by Gasteiger charge is -2.39. The molecule has 1 aliphatic carbocycles. The summed E-state index contributed by atoms with van der Waals surface area (Å²) < 4.78 is 5.38. The van der Waals surface area contributed by atoms with E-state index in [9.17, 15) is 28.8 Å². The summed E-state index contributed by atoms with van der Waals surface area (Å²) in [5.74, 6) is -4.15. The van der Waals surface area contributed by atoms with E-state index in [-0.39, 0.29) is 25.4 Å². The van der Waals surface area contributed by atoms with Gasteiger partial charge in [0, 0.05) is 23.0 Å². The molecule has 6 amide bonds. The molecular weight excluding hydrogens is 618 g/mol. The standard InChI is InChI=1S/C34H43N7O7/c1-4-19(2)28(40-33(47)48-18-21-10-6-5-7-11-21)31(45)41-34(15-14-25-23(17-34)22-12-8-9-13-24(22)38-25)32(46)37-20(3)30(44)39-26(29(36)43)16-27(35)42/h5-13,19-20,26,28,38H,4,14-18H2,1-3H3,(H2,35,42)(H2,36,43)(H,37,46)(H,39,44)(H,40,47)(H,41,45)/t19-,20-,26-,28-,34-/m0/s1. The van der Waals surface area contributed by atoms with Crippen molar-refractivity contribution >= 4 is 46.5 Å². The number of nitrogens with two attached hydrogens (primary N) is 2. The highest BCUT2D eigenvalue weighted by Gasteiger charge is 2.46. The summed E-state index contributed by atoms with van der Waals surface area (Å²) in [6, 6.07) is 13.1. The van der Waals surface area contributed by atoms with Crippen LogP contribution >= 0.6 is 0 Å². The summed E-state index contributed by atoms with van der Waals surface area (Å²) in [6.45, 7) is 5.09. The van der Waals surface area contributed by atoms with Crippen molar-refractivity contribution in [2.45, 2.75) is 83.1 Å². The number of carbonyl (C=O) groups is 6. The number of hydrogen-bond donors (Lipinski definition) is 7. The fourth-order valence-electron chi connectivity index (χ4n) is 5.79. The molecule has 0 aliphatic heterocycles. The van der Waals surface area contributed by atoms with Crippen LogP contribution in [0, 0.1) is 5.92 Å². The topological polar surface area (TPSA) is 228 Å². The van der Waals surface area contributed by atoms with Crippen molar-refractivity contribution in [1.82, 2.24) is 26.3 Å². The number of ether oxygens (including phenoxy) is 1. The van der Waals surface area contributed by atoms with Gasteiger partial charge < -0.3 is 42.5 Å². The van der Waals surface area contributed by atoms with Gasteiger partial charge in [-0.15, -0.1) is 0 Å². The molecule has 0 saturated heterocycles. The van der Waals surface area contributed by atoms with Gasteiger partial charge >= 0.3 is 6.09 Å². The largest absolute Gasteiger partial charge is 0.445 e. The normalized spacial score (nSPS) is 17.9. The maximum absolute atomic E-state index is 14.2. The second-order valence-corrected chi connectivity index (χ2v) is 12.3.